The quantitative estimate of drug-likeness (QED) is 0.800. The van der Waals surface area contributed by atoms with Gasteiger partial charge in [0.25, 0.3) is 0 Å². The van der Waals surface area contributed by atoms with E-state index in [9.17, 15) is 0 Å². The summed E-state index contributed by atoms with van der Waals surface area (Å²) in [5, 5.41) is 4.59. The number of hydrogen-bond acceptors (Lipinski definition) is 2. The first-order chi connectivity index (χ1) is 7.70. The van der Waals surface area contributed by atoms with Crippen LogP contribution >= 0.6 is 0 Å². The molecule has 17 heavy (non-hydrogen) atoms. The maximum absolute atomic E-state index is 5.66. The second-order valence-corrected chi connectivity index (χ2v) is 4.48. The molecule has 1 aromatic heterocycles. The third kappa shape index (κ3) is 1.93. The smallest absolute Gasteiger partial charge is 0.192 e. The molecule has 1 unspecified atom stereocenters. The second-order valence-electron chi connectivity index (χ2n) is 4.48. The fourth-order valence-electron chi connectivity index (χ4n) is 2.51. The van der Waals surface area contributed by atoms with Gasteiger partial charge in [-0.25, -0.2) is 4.98 Å². The van der Waals surface area contributed by atoms with Crippen LogP contribution in [0.5, 0.6) is 0 Å². The van der Waals surface area contributed by atoms with Crippen LogP contribution in [0.4, 0.5) is 5.69 Å². The Kier molecular flexibility index (Phi) is 3.60. The number of fused-ring (bicyclic) bond motifs is 3. The molecule has 0 N–H and O–H groups in total. The Morgan fingerprint density at radius 3 is 2.94 bits per heavy atom. The van der Waals surface area contributed by atoms with Crippen molar-refractivity contribution in [1.29, 1.82) is 0 Å². The Morgan fingerprint density at radius 2 is 2.24 bits per heavy atom. The van der Waals surface area contributed by atoms with Crippen molar-refractivity contribution < 1.29 is 37.1 Å². The molecule has 0 bridgehead atoms. The second kappa shape index (κ2) is 4.70. The van der Waals surface area contributed by atoms with Crippen LogP contribution in [0.2, 0.25) is 0 Å². The Labute approximate surface area is 126 Å². The van der Waals surface area contributed by atoms with Crippen LogP contribution in [0.15, 0.2) is 10.5 Å². The molecule has 1 aliphatic rings. The maximum Gasteiger partial charge on any atom is 0.192 e. The summed E-state index contributed by atoms with van der Waals surface area (Å²) in [6.45, 7) is 7.06. The van der Waals surface area contributed by atoms with E-state index in [2.05, 4.69) is 30.2 Å². The van der Waals surface area contributed by atoms with Gasteiger partial charge in [-0.3, -0.25) is 0 Å². The van der Waals surface area contributed by atoms with Gasteiger partial charge >= 0.3 is 0 Å². The summed E-state index contributed by atoms with van der Waals surface area (Å²) in [4.78, 5) is 4.52. The molecule has 0 fully saturated rings. The molecule has 0 aliphatic carbocycles. The van der Waals surface area contributed by atoms with Crippen molar-refractivity contribution in [2.75, 3.05) is 6.54 Å². The fourth-order valence-corrected chi connectivity index (χ4v) is 2.51. The van der Waals surface area contributed by atoms with E-state index in [1.807, 2.05) is 6.92 Å². The summed E-state index contributed by atoms with van der Waals surface area (Å²) in [5.74, 6) is 1.26. The van der Waals surface area contributed by atoms with Gasteiger partial charge < -0.3 is 9.73 Å². The van der Waals surface area contributed by atoms with Crippen molar-refractivity contribution in [3.05, 3.63) is 28.4 Å². The summed E-state index contributed by atoms with van der Waals surface area (Å²) in [6, 6.07) is 2.12. The van der Waals surface area contributed by atoms with Crippen LogP contribution in [0.25, 0.3) is 16.4 Å². The maximum atomic E-state index is 5.66. The summed E-state index contributed by atoms with van der Waals surface area (Å²) in [5.41, 5.74) is 5.51. The van der Waals surface area contributed by atoms with Gasteiger partial charge in [0.05, 0.1) is 0 Å². The summed E-state index contributed by atoms with van der Waals surface area (Å²) in [6.07, 6.45) is 1.11. The number of aromatic nitrogens is 1. The molecule has 1 aromatic carbocycles. The monoisotopic (exact) mass is 304 g/mol. The molecule has 0 saturated heterocycles. The Hall–Kier alpha value is -0.406. The number of nitrogens with zero attached hydrogens (tertiary/aromatic N) is 2. The average molecular weight is 304 g/mol. The number of oxazole rings is 1. The fraction of sp³-hybridized carbons (Fsp3) is 0.462. The van der Waals surface area contributed by atoms with E-state index in [1.165, 1.54) is 5.56 Å². The van der Waals surface area contributed by atoms with Crippen LogP contribution < -0.4 is 0 Å². The van der Waals surface area contributed by atoms with Crippen molar-refractivity contribution in [1.82, 2.24) is 4.98 Å². The van der Waals surface area contributed by atoms with Gasteiger partial charge in [-0.2, -0.15) is 0 Å². The van der Waals surface area contributed by atoms with Gasteiger partial charge in [0.15, 0.2) is 11.5 Å². The van der Waals surface area contributed by atoms with Crippen molar-refractivity contribution in [3.8, 4) is 0 Å². The van der Waals surface area contributed by atoms with Crippen molar-refractivity contribution in [2.24, 2.45) is 0 Å². The SMILES string of the molecule is CCC1C[N-]c2cc(C)c3oc(C)nc3c21.[Y]. The zero-order valence-corrected chi connectivity index (χ0v) is 13.3. The summed E-state index contributed by atoms with van der Waals surface area (Å²) in [7, 11) is 0. The minimum atomic E-state index is 0. The number of aryl methyl sites for hydroxylation is 2. The van der Waals surface area contributed by atoms with Gasteiger partial charge in [0, 0.05) is 39.6 Å². The number of benzene rings is 1. The number of hydrogen-bond donors (Lipinski definition) is 0. The van der Waals surface area contributed by atoms with E-state index in [0.717, 1.165) is 41.2 Å². The molecule has 87 valence electrons. The molecule has 4 heteroatoms. The van der Waals surface area contributed by atoms with Crippen LogP contribution in [0.1, 0.15) is 36.3 Å². The molecule has 1 radical (unpaired) electrons. The first kappa shape index (κ1) is 13.0. The molecule has 2 heterocycles. The first-order valence-corrected chi connectivity index (χ1v) is 5.78. The third-order valence-electron chi connectivity index (χ3n) is 3.36. The van der Waals surface area contributed by atoms with Gasteiger partial charge in [0.2, 0.25) is 0 Å². The Bertz CT molecular complexity index is 562. The van der Waals surface area contributed by atoms with E-state index in [0.29, 0.717) is 5.92 Å². The van der Waals surface area contributed by atoms with Crippen molar-refractivity contribution in [2.45, 2.75) is 33.1 Å². The van der Waals surface area contributed by atoms with Crippen molar-refractivity contribution >= 4 is 16.8 Å². The van der Waals surface area contributed by atoms with Crippen LogP contribution in [-0.2, 0) is 32.7 Å². The molecule has 2 aromatic rings. The zero-order valence-electron chi connectivity index (χ0n) is 10.4. The van der Waals surface area contributed by atoms with Gasteiger partial charge in [-0.05, 0) is 24.0 Å². The van der Waals surface area contributed by atoms with Gasteiger partial charge in [0.1, 0.15) is 5.52 Å². The van der Waals surface area contributed by atoms with E-state index < -0.39 is 0 Å². The van der Waals surface area contributed by atoms with Crippen LogP contribution in [-0.4, -0.2) is 11.5 Å². The van der Waals surface area contributed by atoms with Gasteiger partial charge in [-0.15, -0.1) is 12.2 Å². The zero-order chi connectivity index (χ0) is 11.3. The molecular formula is C13H15N2OY-. The molecule has 3 nitrogen and oxygen atoms in total. The largest absolute Gasteiger partial charge is 0.684 e. The molecule has 1 aliphatic heterocycles. The molecule has 1 atom stereocenters. The topological polar surface area (TPSA) is 40.1 Å². The molecular weight excluding hydrogens is 289 g/mol. The van der Waals surface area contributed by atoms with Crippen LogP contribution in [0, 0.1) is 13.8 Å². The van der Waals surface area contributed by atoms with E-state index >= 15 is 0 Å². The molecule has 0 saturated carbocycles. The summed E-state index contributed by atoms with van der Waals surface area (Å²) >= 11 is 0. The minimum Gasteiger partial charge on any atom is -0.684 e. The number of rotatable bonds is 1. The minimum absolute atomic E-state index is 0. The third-order valence-corrected chi connectivity index (χ3v) is 3.36. The standard InChI is InChI=1S/C13H15N2O.Y/c1-4-9-6-14-10-5-7(2)13-12(11(9)10)15-8(3)16-13;/h5,9H,4,6H2,1-3H3;/q-1;. The Balaban J connectivity index is 0.00000108. The van der Waals surface area contributed by atoms with Gasteiger partial charge in [-0.1, -0.05) is 19.4 Å². The van der Waals surface area contributed by atoms with E-state index in [1.54, 1.807) is 0 Å². The predicted molar refractivity (Wildman–Crippen MR) is 64.4 cm³/mol. The summed E-state index contributed by atoms with van der Waals surface area (Å²) < 4.78 is 5.66. The molecule has 3 rings (SSSR count). The average Bonchev–Trinajstić information content (AvgIpc) is 2.80. The van der Waals surface area contributed by atoms with Crippen LogP contribution in [0.3, 0.4) is 0 Å². The predicted octanol–water partition coefficient (Wildman–Crippen LogP) is 3.95. The van der Waals surface area contributed by atoms with E-state index in [4.69, 9.17) is 4.42 Å². The Morgan fingerprint density at radius 1 is 1.47 bits per heavy atom. The molecule has 0 amide bonds. The normalized spacial score (nSPS) is 17.7. The first-order valence-electron chi connectivity index (χ1n) is 5.78. The van der Waals surface area contributed by atoms with E-state index in [-0.39, 0.29) is 32.7 Å². The molecule has 0 spiro atoms. The van der Waals surface area contributed by atoms with Crippen molar-refractivity contribution in [3.63, 3.8) is 0 Å².